The Balaban J connectivity index is 0.00000225. The smallest absolute Gasteiger partial charge is 0.150 e. The molecular weight excluding hydrogens is 332 g/mol. The number of ketones is 1. The molecular formula is C21H25ClN2O. The Labute approximate surface area is 155 Å². The van der Waals surface area contributed by atoms with Crippen molar-refractivity contribution >= 4 is 29.1 Å². The van der Waals surface area contributed by atoms with Crippen molar-refractivity contribution in [2.75, 3.05) is 0 Å². The number of nitrogens with two attached hydrogens (primary N) is 1. The summed E-state index contributed by atoms with van der Waals surface area (Å²) in [6.45, 7) is 4.17. The van der Waals surface area contributed by atoms with Crippen LogP contribution >= 0.6 is 12.4 Å². The average molecular weight is 357 g/mol. The lowest BCUT2D eigenvalue weighted by Crippen LogP contribution is -2.32. The summed E-state index contributed by atoms with van der Waals surface area (Å²) in [4.78, 5) is 15.6. The zero-order valence-electron chi connectivity index (χ0n) is 14.7. The highest BCUT2D eigenvalue weighted by molar-refractivity contribution is 5.87. The minimum atomic E-state index is -0.449. The molecule has 0 bridgehead atoms. The van der Waals surface area contributed by atoms with Gasteiger partial charge in [-0.2, -0.15) is 0 Å². The van der Waals surface area contributed by atoms with Gasteiger partial charge in [0.15, 0.2) is 0 Å². The van der Waals surface area contributed by atoms with E-state index in [0.29, 0.717) is 12.8 Å². The Morgan fingerprint density at radius 2 is 1.80 bits per heavy atom. The van der Waals surface area contributed by atoms with E-state index in [4.69, 9.17) is 5.73 Å². The van der Waals surface area contributed by atoms with Crippen LogP contribution in [0.5, 0.6) is 0 Å². The lowest BCUT2D eigenvalue weighted by Gasteiger charge is -2.11. The maximum absolute atomic E-state index is 12.4. The van der Waals surface area contributed by atoms with Crippen LogP contribution in [0.1, 0.15) is 28.7 Å². The molecule has 2 aromatic carbocycles. The molecule has 4 heteroatoms. The molecule has 1 aromatic heterocycles. The first-order valence-electron chi connectivity index (χ1n) is 8.43. The third-order valence-corrected chi connectivity index (χ3v) is 4.47. The Morgan fingerprint density at radius 3 is 2.52 bits per heavy atom. The molecule has 25 heavy (non-hydrogen) atoms. The molecule has 0 radical (unpaired) electrons. The summed E-state index contributed by atoms with van der Waals surface area (Å²) in [6.07, 6.45) is 3.78. The van der Waals surface area contributed by atoms with Gasteiger partial charge in [-0.15, -0.1) is 12.4 Å². The number of fused-ring (bicyclic) bond motifs is 1. The van der Waals surface area contributed by atoms with Gasteiger partial charge in [0.1, 0.15) is 5.78 Å². The lowest BCUT2D eigenvalue weighted by molar-refractivity contribution is -0.120. The fourth-order valence-corrected chi connectivity index (χ4v) is 3.32. The van der Waals surface area contributed by atoms with Crippen LogP contribution in [0.3, 0.4) is 0 Å². The summed E-state index contributed by atoms with van der Waals surface area (Å²) in [6, 6.07) is 14.1. The van der Waals surface area contributed by atoms with Crippen LogP contribution in [-0.2, 0) is 17.6 Å². The number of carbonyl (C=O) groups is 1. The van der Waals surface area contributed by atoms with Crippen molar-refractivity contribution < 1.29 is 4.79 Å². The van der Waals surface area contributed by atoms with Gasteiger partial charge in [-0.3, -0.25) is 4.79 Å². The molecule has 132 valence electrons. The maximum Gasteiger partial charge on any atom is 0.150 e. The lowest BCUT2D eigenvalue weighted by atomic mass is 9.97. The van der Waals surface area contributed by atoms with E-state index in [0.717, 1.165) is 22.9 Å². The molecule has 0 amide bonds. The zero-order chi connectivity index (χ0) is 17.1. The summed E-state index contributed by atoms with van der Waals surface area (Å²) in [7, 11) is 0. The summed E-state index contributed by atoms with van der Waals surface area (Å²) in [5.74, 6) is 0.124. The van der Waals surface area contributed by atoms with E-state index >= 15 is 0 Å². The van der Waals surface area contributed by atoms with Crippen molar-refractivity contribution in [2.24, 2.45) is 5.73 Å². The van der Waals surface area contributed by atoms with Crippen molar-refractivity contribution in [1.29, 1.82) is 0 Å². The number of H-pyrrole nitrogens is 1. The quantitative estimate of drug-likeness (QED) is 0.692. The SMILES string of the molecule is Cc1cc(C)cc(CCC(=O)C(N)Cc2c[nH]c3ccccc23)c1.Cl. The number of aromatic amines is 1. The van der Waals surface area contributed by atoms with Gasteiger partial charge in [-0.1, -0.05) is 47.5 Å². The molecule has 0 aliphatic rings. The van der Waals surface area contributed by atoms with E-state index in [2.05, 4.69) is 43.1 Å². The van der Waals surface area contributed by atoms with Crippen LogP contribution in [0.4, 0.5) is 0 Å². The molecule has 0 aliphatic heterocycles. The van der Waals surface area contributed by atoms with Crippen molar-refractivity contribution in [3.63, 3.8) is 0 Å². The van der Waals surface area contributed by atoms with Gasteiger partial charge in [0, 0.05) is 23.5 Å². The third-order valence-electron chi connectivity index (χ3n) is 4.47. The Bertz CT molecular complexity index is 849. The highest BCUT2D eigenvalue weighted by Crippen LogP contribution is 2.19. The number of nitrogens with one attached hydrogen (secondary N) is 1. The number of hydrogen-bond acceptors (Lipinski definition) is 2. The van der Waals surface area contributed by atoms with Crippen LogP contribution in [0.2, 0.25) is 0 Å². The molecule has 0 saturated heterocycles. The first kappa shape index (κ1) is 19.2. The van der Waals surface area contributed by atoms with Crippen LogP contribution < -0.4 is 5.73 Å². The number of para-hydroxylation sites is 1. The maximum atomic E-state index is 12.4. The van der Waals surface area contributed by atoms with Crippen LogP contribution in [0.15, 0.2) is 48.7 Å². The summed E-state index contributed by atoms with van der Waals surface area (Å²) in [5, 5.41) is 1.15. The van der Waals surface area contributed by atoms with Gasteiger partial charge >= 0.3 is 0 Å². The predicted octanol–water partition coefficient (Wildman–Crippen LogP) is 4.28. The molecule has 1 unspecified atom stereocenters. The Hall–Kier alpha value is -2.10. The minimum absolute atomic E-state index is 0. The van der Waals surface area contributed by atoms with Crippen molar-refractivity contribution in [3.8, 4) is 0 Å². The number of carbonyl (C=O) groups excluding carboxylic acids is 1. The van der Waals surface area contributed by atoms with Gasteiger partial charge in [-0.25, -0.2) is 0 Å². The van der Waals surface area contributed by atoms with Gasteiger partial charge in [0.05, 0.1) is 6.04 Å². The zero-order valence-corrected chi connectivity index (χ0v) is 15.5. The fourth-order valence-electron chi connectivity index (χ4n) is 3.32. The number of aryl methyl sites for hydroxylation is 3. The summed E-state index contributed by atoms with van der Waals surface area (Å²) >= 11 is 0. The van der Waals surface area contributed by atoms with Crippen LogP contribution in [-0.4, -0.2) is 16.8 Å². The van der Waals surface area contributed by atoms with Gasteiger partial charge < -0.3 is 10.7 Å². The molecule has 3 aromatic rings. The van der Waals surface area contributed by atoms with E-state index in [-0.39, 0.29) is 18.2 Å². The third kappa shape index (κ3) is 4.71. The number of Topliss-reactive ketones (excluding diaryl/α,β-unsaturated/α-hetero) is 1. The summed E-state index contributed by atoms with van der Waals surface area (Å²) < 4.78 is 0. The second-order valence-corrected chi connectivity index (χ2v) is 6.63. The van der Waals surface area contributed by atoms with Gasteiger partial charge in [0.25, 0.3) is 0 Å². The molecule has 1 heterocycles. The topological polar surface area (TPSA) is 58.9 Å². The minimum Gasteiger partial charge on any atom is -0.361 e. The molecule has 0 saturated carbocycles. The summed E-state index contributed by atoms with van der Waals surface area (Å²) in [5.41, 5.74) is 12.0. The second kappa shape index (κ2) is 8.32. The standard InChI is InChI=1S/C21H24N2O.ClH/c1-14-9-15(2)11-16(10-14)7-8-21(24)19(22)12-17-13-23-20-6-4-3-5-18(17)20;/h3-6,9-11,13,19,23H,7-8,12,22H2,1-2H3;1H. The highest BCUT2D eigenvalue weighted by Gasteiger charge is 2.16. The molecule has 3 N–H and O–H groups in total. The Morgan fingerprint density at radius 1 is 1.12 bits per heavy atom. The largest absolute Gasteiger partial charge is 0.361 e. The van der Waals surface area contributed by atoms with Crippen LogP contribution in [0.25, 0.3) is 10.9 Å². The van der Waals surface area contributed by atoms with E-state index < -0.39 is 6.04 Å². The van der Waals surface area contributed by atoms with E-state index in [1.807, 2.05) is 24.4 Å². The van der Waals surface area contributed by atoms with Crippen LogP contribution in [0, 0.1) is 13.8 Å². The number of benzene rings is 2. The first-order chi connectivity index (χ1) is 11.5. The monoisotopic (exact) mass is 356 g/mol. The van der Waals surface area contributed by atoms with Crippen molar-refractivity contribution in [2.45, 2.75) is 39.2 Å². The normalized spacial score (nSPS) is 12.0. The highest BCUT2D eigenvalue weighted by atomic mass is 35.5. The number of rotatable bonds is 6. The first-order valence-corrected chi connectivity index (χ1v) is 8.43. The van der Waals surface area contributed by atoms with E-state index in [1.165, 1.54) is 16.7 Å². The molecule has 3 rings (SSSR count). The van der Waals surface area contributed by atoms with E-state index in [9.17, 15) is 4.79 Å². The van der Waals surface area contributed by atoms with Crippen molar-refractivity contribution in [3.05, 3.63) is 70.9 Å². The number of aromatic nitrogens is 1. The van der Waals surface area contributed by atoms with Gasteiger partial charge in [-0.05, 0) is 43.9 Å². The predicted molar refractivity (Wildman–Crippen MR) is 106 cm³/mol. The number of hydrogen-bond donors (Lipinski definition) is 2. The average Bonchev–Trinajstić information content (AvgIpc) is 2.95. The molecule has 0 aliphatic carbocycles. The fraction of sp³-hybridized carbons (Fsp3) is 0.286. The van der Waals surface area contributed by atoms with Gasteiger partial charge in [0.2, 0.25) is 0 Å². The molecule has 1 atom stereocenters. The van der Waals surface area contributed by atoms with E-state index in [1.54, 1.807) is 0 Å². The molecule has 0 spiro atoms. The molecule has 3 nitrogen and oxygen atoms in total. The van der Waals surface area contributed by atoms with Crippen molar-refractivity contribution in [1.82, 2.24) is 4.98 Å². The second-order valence-electron chi connectivity index (χ2n) is 6.63. The Kier molecular flexibility index (Phi) is 6.40. The number of halogens is 1. The molecule has 0 fully saturated rings.